The van der Waals surface area contributed by atoms with Crippen molar-refractivity contribution >= 4 is 10.8 Å². The summed E-state index contributed by atoms with van der Waals surface area (Å²) in [6.45, 7) is 2.19. The number of rotatable bonds is 9. The molecule has 4 rings (SSSR count). The number of aryl methyl sites for hydroxylation is 1. The molecule has 0 saturated carbocycles. The van der Waals surface area contributed by atoms with Gasteiger partial charge < -0.3 is 4.74 Å². The second kappa shape index (κ2) is 10.9. The predicted octanol–water partition coefficient (Wildman–Crippen LogP) is 9.25. The van der Waals surface area contributed by atoms with Gasteiger partial charge in [0.25, 0.3) is 0 Å². The van der Waals surface area contributed by atoms with Crippen LogP contribution in [0.25, 0.3) is 33.0 Å². The molecule has 0 radical (unpaired) electrons. The molecular weight excluding hydrogens is 452 g/mol. The third kappa shape index (κ3) is 5.34. The van der Waals surface area contributed by atoms with E-state index in [-0.39, 0.29) is 16.7 Å². The van der Waals surface area contributed by atoms with E-state index in [4.69, 9.17) is 0 Å². The Balaban J connectivity index is 1.60. The number of hydrogen-bond acceptors (Lipinski definition) is 1. The minimum atomic E-state index is -0.924. The second-order valence-corrected chi connectivity index (χ2v) is 8.81. The van der Waals surface area contributed by atoms with Gasteiger partial charge in [-0.25, -0.2) is 17.6 Å². The molecule has 1 nitrogen and oxygen atoms in total. The monoisotopic (exact) mass is 480 g/mol. The molecule has 0 spiro atoms. The van der Waals surface area contributed by atoms with Crippen LogP contribution in [0, 0.1) is 23.3 Å². The lowest BCUT2D eigenvalue weighted by Gasteiger charge is -2.11. The van der Waals surface area contributed by atoms with Crippen molar-refractivity contribution in [1.82, 2.24) is 0 Å². The molecule has 0 aliphatic heterocycles. The van der Waals surface area contributed by atoms with Crippen LogP contribution >= 0.6 is 0 Å². The highest BCUT2D eigenvalue weighted by molar-refractivity contribution is 5.89. The molecule has 0 saturated heterocycles. The number of halogens is 4. The van der Waals surface area contributed by atoms with Gasteiger partial charge in [-0.05, 0) is 53.1 Å². The average Bonchev–Trinajstić information content (AvgIpc) is 2.84. The number of benzene rings is 4. The maximum Gasteiger partial charge on any atom is 0.190 e. The van der Waals surface area contributed by atoms with Gasteiger partial charge in [-0.15, -0.1) is 0 Å². The van der Waals surface area contributed by atoms with Crippen LogP contribution in [-0.4, -0.2) is 7.11 Å². The molecule has 4 aromatic rings. The van der Waals surface area contributed by atoms with Crippen LogP contribution in [-0.2, 0) is 6.42 Å². The Bertz CT molecular complexity index is 1320. The van der Waals surface area contributed by atoms with E-state index in [2.05, 4.69) is 11.7 Å². The summed E-state index contributed by atoms with van der Waals surface area (Å²) >= 11 is 0. The van der Waals surface area contributed by atoms with Crippen molar-refractivity contribution < 1.29 is 22.3 Å². The summed E-state index contributed by atoms with van der Waals surface area (Å²) in [6, 6.07) is 15.4. The molecule has 0 bridgehead atoms. The minimum Gasteiger partial charge on any atom is -0.491 e. The maximum absolute atomic E-state index is 15.4. The van der Waals surface area contributed by atoms with E-state index in [9.17, 15) is 13.2 Å². The molecular formula is C30H28F4O. The highest BCUT2D eigenvalue weighted by Gasteiger charge is 2.17. The summed E-state index contributed by atoms with van der Waals surface area (Å²) in [4.78, 5) is 0. The fraction of sp³-hybridized carbons (Fsp3) is 0.267. The van der Waals surface area contributed by atoms with Crippen molar-refractivity contribution in [3.8, 4) is 28.0 Å². The lowest BCUT2D eigenvalue weighted by atomic mass is 9.95. The molecule has 182 valence electrons. The number of ether oxygens (including phenoxy) is 1. The summed E-state index contributed by atoms with van der Waals surface area (Å²) in [5.74, 6) is -3.50. The van der Waals surface area contributed by atoms with E-state index in [1.807, 2.05) is 18.2 Å². The molecule has 0 heterocycles. The summed E-state index contributed by atoms with van der Waals surface area (Å²) < 4.78 is 63.2. The molecule has 0 N–H and O–H groups in total. The third-order valence-corrected chi connectivity index (χ3v) is 6.38. The highest BCUT2D eigenvalue weighted by Crippen LogP contribution is 2.34. The van der Waals surface area contributed by atoms with Crippen molar-refractivity contribution in [3.05, 3.63) is 89.5 Å². The molecule has 0 aromatic heterocycles. The van der Waals surface area contributed by atoms with Gasteiger partial charge in [-0.3, -0.25) is 0 Å². The minimum absolute atomic E-state index is 0.0129. The molecule has 0 aliphatic carbocycles. The van der Waals surface area contributed by atoms with E-state index in [0.717, 1.165) is 37.5 Å². The topological polar surface area (TPSA) is 9.23 Å². The standard InChI is InChI=1S/C30H28F4O/c1-3-4-5-6-7-8-19-9-12-24-20(15-19)11-14-25(29(24)34)21-10-13-23(26(31)16-21)22-17-27(32)30(35-2)28(33)18-22/h9-18H,3-8H2,1-2H3. The predicted molar refractivity (Wildman–Crippen MR) is 134 cm³/mol. The lowest BCUT2D eigenvalue weighted by Crippen LogP contribution is -1.95. The quantitative estimate of drug-likeness (QED) is 0.171. The Morgan fingerprint density at radius 2 is 1.34 bits per heavy atom. The Hall–Kier alpha value is -3.34. The molecule has 0 aliphatic rings. The van der Waals surface area contributed by atoms with Gasteiger partial charge in [0.15, 0.2) is 17.4 Å². The molecule has 0 unspecified atom stereocenters. The van der Waals surface area contributed by atoms with E-state index in [1.165, 1.54) is 43.4 Å². The Kier molecular flexibility index (Phi) is 7.74. The lowest BCUT2D eigenvalue weighted by molar-refractivity contribution is 0.360. The molecule has 0 fully saturated rings. The van der Waals surface area contributed by atoms with E-state index >= 15 is 4.39 Å². The van der Waals surface area contributed by atoms with Crippen LogP contribution in [0.1, 0.15) is 44.6 Å². The van der Waals surface area contributed by atoms with Crippen LogP contribution in [0.2, 0.25) is 0 Å². The van der Waals surface area contributed by atoms with Crippen LogP contribution in [0.4, 0.5) is 17.6 Å². The number of unbranched alkanes of at least 4 members (excludes halogenated alkanes) is 4. The molecule has 0 amide bonds. The Morgan fingerprint density at radius 3 is 2.03 bits per heavy atom. The first kappa shape index (κ1) is 24.8. The normalized spacial score (nSPS) is 11.3. The van der Waals surface area contributed by atoms with E-state index in [1.54, 1.807) is 18.2 Å². The van der Waals surface area contributed by atoms with Crippen molar-refractivity contribution in [2.45, 2.75) is 45.4 Å². The average molecular weight is 481 g/mol. The summed E-state index contributed by atoms with van der Waals surface area (Å²) in [5.41, 5.74) is 1.84. The molecule has 35 heavy (non-hydrogen) atoms. The fourth-order valence-electron chi connectivity index (χ4n) is 4.48. The first-order valence-electron chi connectivity index (χ1n) is 12.0. The SMILES string of the molecule is CCCCCCCc1ccc2c(F)c(-c3ccc(-c4cc(F)c(OC)c(F)c4)c(F)c3)ccc2c1. The van der Waals surface area contributed by atoms with Crippen molar-refractivity contribution in [1.29, 1.82) is 0 Å². The summed E-state index contributed by atoms with van der Waals surface area (Å²) in [5, 5.41) is 1.28. The zero-order valence-corrected chi connectivity index (χ0v) is 19.9. The van der Waals surface area contributed by atoms with Gasteiger partial charge in [0.2, 0.25) is 0 Å². The zero-order valence-electron chi connectivity index (χ0n) is 19.9. The smallest absolute Gasteiger partial charge is 0.190 e. The van der Waals surface area contributed by atoms with Gasteiger partial charge in [0, 0.05) is 16.5 Å². The number of methoxy groups -OCH3 is 1. The second-order valence-electron chi connectivity index (χ2n) is 8.81. The molecule has 4 aromatic carbocycles. The largest absolute Gasteiger partial charge is 0.491 e. The van der Waals surface area contributed by atoms with Crippen LogP contribution in [0.3, 0.4) is 0 Å². The fourth-order valence-corrected chi connectivity index (χ4v) is 4.48. The van der Waals surface area contributed by atoms with Crippen LogP contribution < -0.4 is 4.74 Å². The first-order valence-corrected chi connectivity index (χ1v) is 12.0. The van der Waals surface area contributed by atoms with Gasteiger partial charge in [0.1, 0.15) is 11.6 Å². The van der Waals surface area contributed by atoms with E-state index < -0.39 is 29.0 Å². The Morgan fingerprint density at radius 1 is 0.657 bits per heavy atom. The Labute approximate surface area is 203 Å². The van der Waals surface area contributed by atoms with Gasteiger partial charge >= 0.3 is 0 Å². The van der Waals surface area contributed by atoms with E-state index in [0.29, 0.717) is 10.9 Å². The van der Waals surface area contributed by atoms with Crippen LogP contribution in [0.15, 0.2) is 60.7 Å². The van der Waals surface area contributed by atoms with Crippen molar-refractivity contribution in [2.75, 3.05) is 7.11 Å². The van der Waals surface area contributed by atoms with Gasteiger partial charge in [0.05, 0.1) is 7.11 Å². The molecule has 5 heteroatoms. The number of fused-ring (bicyclic) bond motifs is 1. The van der Waals surface area contributed by atoms with Gasteiger partial charge in [-0.1, -0.05) is 75.1 Å². The molecule has 0 atom stereocenters. The summed E-state index contributed by atoms with van der Waals surface area (Å²) in [7, 11) is 1.16. The maximum atomic E-state index is 15.4. The first-order chi connectivity index (χ1) is 16.9. The third-order valence-electron chi connectivity index (χ3n) is 6.38. The van der Waals surface area contributed by atoms with Crippen molar-refractivity contribution in [3.63, 3.8) is 0 Å². The highest BCUT2D eigenvalue weighted by atomic mass is 19.1. The van der Waals surface area contributed by atoms with Crippen molar-refractivity contribution in [2.24, 2.45) is 0 Å². The zero-order chi connectivity index (χ0) is 24.9. The van der Waals surface area contributed by atoms with Gasteiger partial charge in [-0.2, -0.15) is 0 Å². The number of hydrogen-bond donors (Lipinski definition) is 0. The summed E-state index contributed by atoms with van der Waals surface area (Å²) in [6.07, 6.45) is 6.96. The van der Waals surface area contributed by atoms with Crippen LogP contribution in [0.5, 0.6) is 5.75 Å².